The largest absolute Gasteiger partial charge is 0.460 e. The Morgan fingerprint density at radius 1 is 0.789 bits per heavy atom. The summed E-state index contributed by atoms with van der Waals surface area (Å²) in [5.74, 6) is -16.1. The van der Waals surface area contributed by atoms with Crippen molar-refractivity contribution >= 4 is 9.84 Å². The number of rotatable bonds is 5. The minimum absolute atomic E-state index is 0.911. The molecule has 0 rings (SSSR count). The van der Waals surface area contributed by atoms with Crippen LogP contribution in [0.25, 0.3) is 0 Å². The van der Waals surface area contributed by atoms with Gasteiger partial charge in [-0.15, -0.1) is 0 Å². The molecule has 115 valence electrons. The molecule has 0 N–H and O–H groups in total. The van der Waals surface area contributed by atoms with Crippen LogP contribution in [0.15, 0.2) is 0 Å². The zero-order valence-electron chi connectivity index (χ0n) is 8.75. The molecule has 0 aromatic heterocycles. The summed E-state index contributed by atoms with van der Waals surface area (Å²) >= 11 is 0. The van der Waals surface area contributed by atoms with E-state index in [9.17, 15) is 47.9 Å². The number of halogens is 9. The average Bonchev–Trinajstić information content (AvgIpc) is 2.14. The predicted octanol–water partition coefficient (Wildman–Crippen LogP) is 3.05. The fourth-order valence-electron chi connectivity index (χ4n) is 0.874. The van der Waals surface area contributed by atoms with Crippen LogP contribution < -0.4 is 0 Å². The topological polar surface area (TPSA) is 34.1 Å². The van der Waals surface area contributed by atoms with Gasteiger partial charge in [-0.25, -0.2) is 8.42 Å². The number of hydrogen-bond acceptors (Lipinski definition) is 2. The number of alkyl halides is 9. The Balaban J connectivity index is 5.92. The maximum atomic E-state index is 12.8. The van der Waals surface area contributed by atoms with Gasteiger partial charge in [0.1, 0.15) is 0 Å². The summed E-state index contributed by atoms with van der Waals surface area (Å²) in [6, 6.07) is 0. The van der Waals surface area contributed by atoms with Crippen LogP contribution >= 0.6 is 0 Å². The van der Waals surface area contributed by atoms with Crippen LogP contribution in [-0.2, 0) is 9.84 Å². The molecule has 0 amide bonds. The highest BCUT2D eigenvalue weighted by molar-refractivity contribution is 7.92. The van der Waals surface area contributed by atoms with Crippen molar-refractivity contribution in [1.82, 2.24) is 0 Å². The molecule has 0 aliphatic rings. The van der Waals surface area contributed by atoms with E-state index < -0.39 is 45.3 Å². The third-order valence-electron chi connectivity index (χ3n) is 1.92. The van der Waals surface area contributed by atoms with E-state index in [1.54, 1.807) is 0 Å². The van der Waals surface area contributed by atoms with E-state index in [1.165, 1.54) is 0 Å². The lowest BCUT2D eigenvalue weighted by Gasteiger charge is -2.33. The van der Waals surface area contributed by atoms with Gasteiger partial charge < -0.3 is 0 Å². The lowest BCUT2D eigenvalue weighted by molar-refractivity contribution is -0.382. The highest BCUT2D eigenvalue weighted by Crippen LogP contribution is 2.54. The van der Waals surface area contributed by atoms with E-state index in [1.807, 2.05) is 0 Å². The molecule has 0 spiro atoms. The minimum atomic E-state index is -7.21. The van der Waals surface area contributed by atoms with Crippen molar-refractivity contribution in [3.8, 4) is 0 Å². The summed E-state index contributed by atoms with van der Waals surface area (Å²) in [6.07, 6.45) is -7.95. The summed E-state index contributed by atoms with van der Waals surface area (Å²) in [4.78, 5) is 0. The predicted molar refractivity (Wildman–Crippen MR) is 44.7 cm³/mol. The molecule has 2 nitrogen and oxygen atoms in total. The molecule has 0 saturated heterocycles. The Morgan fingerprint density at radius 3 is 1.42 bits per heavy atom. The van der Waals surface area contributed by atoms with Gasteiger partial charge in [0.25, 0.3) is 0 Å². The summed E-state index contributed by atoms with van der Waals surface area (Å²) in [6.45, 7) is 2.71. The summed E-state index contributed by atoms with van der Waals surface area (Å²) in [7, 11) is -6.24. The van der Waals surface area contributed by atoms with Crippen molar-refractivity contribution < 1.29 is 47.9 Å². The van der Waals surface area contributed by atoms with Crippen molar-refractivity contribution in [2.45, 2.75) is 29.7 Å². The Labute approximate surface area is 101 Å². The third-order valence-corrected chi connectivity index (χ3v) is 3.78. The maximum absolute atomic E-state index is 12.8. The van der Waals surface area contributed by atoms with E-state index in [2.05, 4.69) is 6.92 Å². The molecular weight excluding hydrogens is 319 g/mol. The SMILES string of the molecule is [CH2]CCS(=O)(=O)C(F)(F)C(F)(F)C(F)(F)C(F)(F)F. The zero-order chi connectivity index (χ0) is 15.9. The fraction of sp³-hybridized carbons (Fsp3) is 0.857. The van der Waals surface area contributed by atoms with Gasteiger partial charge in [0.2, 0.25) is 9.84 Å². The van der Waals surface area contributed by atoms with Gasteiger partial charge >= 0.3 is 23.3 Å². The quantitative estimate of drug-likeness (QED) is 0.728. The molecule has 0 fully saturated rings. The van der Waals surface area contributed by atoms with Crippen LogP contribution in [0.2, 0.25) is 0 Å². The Morgan fingerprint density at radius 2 is 1.16 bits per heavy atom. The van der Waals surface area contributed by atoms with Crippen LogP contribution in [0.3, 0.4) is 0 Å². The molecule has 1 radical (unpaired) electrons. The van der Waals surface area contributed by atoms with Gasteiger partial charge in [-0.1, -0.05) is 6.92 Å². The lowest BCUT2D eigenvalue weighted by atomic mass is 10.1. The molecule has 0 saturated carbocycles. The van der Waals surface area contributed by atoms with E-state index in [4.69, 9.17) is 0 Å². The summed E-state index contributed by atoms with van der Waals surface area (Å²) in [5.41, 5.74) is 0. The second kappa shape index (κ2) is 4.70. The Bertz CT molecular complexity index is 422. The molecule has 0 aliphatic carbocycles. The van der Waals surface area contributed by atoms with Crippen LogP contribution in [0.5, 0.6) is 0 Å². The minimum Gasteiger partial charge on any atom is -0.222 e. The van der Waals surface area contributed by atoms with Gasteiger partial charge in [0.15, 0.2) is 0 Å². The van der Waals surface area contributed by atoms with E-state index >= 15 is 0 Å². The number of hydrogen-bond donors (Lipinski definition) is 0. The first-order chi connectivity index (χ1) is 8.06. The van der Waals surface area contributed by atoms with Crippen LogP contribution in [0, 0.1) is 6.92 Å². The molecular formula is C7H6F9O2S. The van der Waals surface area contributed by atoms with Crippen LogP contribution in [0.1, 0.15) is 6.42 Å². The van der Waals surface area contributed by atoms with Gasteiger partial charge in [0.05, 0.1) is 5.75 Å². The van der Waals surface area contributed by atoms with Crippen LogP contribution in [0.4, 0.5) is 39.5 Å². The third kappa shape index (κ3) is 2.63. The van der Waals surface area contributed by atoms with Gasteiger partial charge in [0, 0.05) is 0 Å². The normalized spacial score (nSPS) is 15.7. The molecule has 0 aliphatic heterocycles. The monoisotopic (exact) mass is 325 g/mol. The van der Waals surface area contributed by atoms with Crippen molar-refractivity contribution in [3.05, 3.63) is 6.92 Å². The molecule has 0 atom stereocenters. The second-order valence-corrected chi connectivity index (χ2v) is 5.49. The molecule has 0 bridgehead atoms. The van der Waals surface area contributed by atoms with E-state index in [0.29, 0.717) is 0 Å². The fourth-order valence-corrected chi connectivity index (χ4v) is 2.03. The Hall–Kier alpha value is -0.680. The molecule has 12 heteroatoms. The lowest BCUT2D eigenvalue weighted by Crippen LogP contribution is -2.63. The first-order valence-corrected chi connectivity index (χ1v) is 5.93. The average molecular weight is 325 g/mol. The van der Waals surface area contributed by atoms with Crippen molar-refractivity contribution in [2.75, 3.05) is 5.75 Å². The van der Waals surface area contributed by atoms with E-state index in [-0.39, 0.29) is 0 Å². The molecule has 0 heterocycles. The Kier molecular flexibility index (Phi) is 4.53. The van der Waals surface area contributed by atoms with E-state index in [0.717, 1.165) is 0 Å². The van der Waals surface area contributed by atoms with Gasteiger partial charge in [-0.2, -0.15) is 39.5 Å². The molecule has 0 aromatic rings. The molecule has 0 unspecified atom stereocenters. The van der Waals surface area contributed by atoms with Gasteiger partial charge in [-0.05, 0) is 6.42 Å². The zero-order valence-corrected chi connectivity index (χ0v) is 9.56. The maximum Gasteiger partial charge on any atom is 0.460 e. The first kappa shape index (κ1) is 18.3. The van der Waals surface area contributed by atoms with Crippen molar-refractivity contribution in [1.29, 1.82) is 0 Å². The number of sulfone groups is 1. The van der Waals surface area contributed by atoms with Gasteiger partial charge in [-0.3, -0.25) is 0 Å². The van der Waals surface area contributed by atoms with Crippen molar-refractivity contribution in [3.63, 3.8) is 0 Å². The van der Waals surface area contributed by atoms with Crippen LogP contribution in [-0.4, -0.2) is 37.4 Å². The highest BCUT2D eigenvalue weighted by atomic mass is 32.2. The first-order valence-electron chi connectivity index (χ1n) is 4.28. The summed E-state index contributed by atoms with van der Waals surface area (Å²) in [5, 5.41) is -6.59. The van der Waals surface area contributed by atoms with Crippen molar-refractivity contribution in [2.24, 2.45) is 0 Å². The molecule has 19 heavy (non-hydrogen) atoms. The highest BCUT2D eigenvalue weighted by Gasteiger charge is 2.84. The molecule has 0 aromatic carbocycles. The second-order valence-electron chi connectivity index (χ2n) is 3.34. The standard InChI is InChI=1S/C7H6F9O2S/c1-2-3-19(17,18)7(15,16)5(10,11)4(8,9)6(12,13)14/h1-3H2. The summed E-state index contributed by atoms with van der Waals surface area (Å²) < 4.78 is 132. The smallest absolute Gasteiger partial charge is 0.222 e.